The van der Waals surface area contributed by atoms with Crippen LogP contribution in [0.1, 0.15) is 38.6 Å². The van der Waals surface area contributed by atoms with Crippen molar-refractivity contribution in [3.05, 3.63) is 5.82 Å². The molecule has 0 unspecified atom stereocenters. The summed E-state index contributed by atoms with van der Waals surface area (Å²) in [4.78, 5) is 2.09. The molecule has 8 nitrogen and oxygen atoms in total. The van der Waals surface area contributed by atoms with Gasteiger partial charge in [0.2, 0.25) is 16.0 Å². The van der Waals surface area contributed by atoms with Crippen molar-refractivity contribution in [1.29, 1.82) is 0 Å². The van der Waals surface area contributed by atoms with Gasteiger partial charge < -0.3 is 9.64 Å². The minimum absolute atomic E-state index is 0.0120. The van der Waals surface area contributed by atoms with E-state index in [1.807, 2.05) is 11.6 Å². The Kier molecular flexibility index (Phi) is 4.61. The molecule has 0 radical (unpaired) electrons. The lowest BCUT2D eigenvalue weighted by atomic mass is 10.2. The Morgan fingerprint density at radius 2 is 1.87 bits per heavy atom. The lowest BCUT2D eigenvalue weighted by molar-refractivity contribution is 0.0485. The molecule has 0 N–H and O–H groups in total. The van der Waals surface area contributed by atoms with Gasteiger partial charge in [0.05, 0.1) is 11.9 Å². The Hall–Kier alpha value is -1.19. The predicted octanol–water partition coefficient (Wildman–Crippen LogP) is 0.527. The van der Waals surface area contributed by atoms with E-state index in [1.165, 1.54) is 0 Å². The minimum atomic E-state index is -3.11. The number of nitrogens with zero attached hydrogens (tertiary/aromatic N) is 5. The summed E-state index contributed by atoms with van der Waals surface area (Å²) in [6.45, 7) is 6.01. The van der Waals surface area contributed by atoms with E-state index in [-0.39, 0.29) is 18.0 Å². The maximum atomic E-state index is 11.9. The molecule has 9 heteroatoms. The second-order valence-electron chi connectivity index (χ2n) is 6.22. The molecule has 3 heterocycles. The van der Waals surface area contributed by atoms with Gasteiger partial charge in [0.15, 0.2) is 5.82 Å². The third-order valence-electron chi connectivity index (χ3n) is 4.69. The van der Waals surface area contributed by atoms with Crippen LogP contribution in [0.15, 0.2) is 0 Å². The van der Waals surface area contributed by atoms with Crippen molar-refractivity contribution >= 4 is 16.0 Å². The zero-order chi connectivity index (χ0) is 16.6. The zero-order valence-corrected chi connectivity index (χ0v) is 14.8. The summed E-state index contributed by atoms with van der Waals surface area (Å²) in [5.74, 6) is 1.79. The van der Waals surface area contributed by atoms with Crippen LogP contribution in [0.3, 0.4) is 0 Å². The highest BCUT2D eigenvalue weighted by Gasteiger charge is 2.31. The topological polar surface area (TPSA) is 80.6 Å². The lowest BCUT2D eigenvalue weighted by Gasteiger charge is -2.34. The number of rotatable bonds is 4. The number of anilines is 1. The van der Waals surface area contributed by atoms with Crippen LogP contribution >= 0.6 is 0 Å². The van der Waals surface area contributed by atoms with Crippen LogP contribution in [0.5, 0.6) is 0 Å². The number of ether oxygens (including phenoxy) is 1. The minimum Gasteiger partial charge on any atom is -0.367 e. The molecule has 2 atom stereocenters. The second kappa shape index (κ2) is 6.37. The Morgan fingerprint density at radius 3 is 2.43 bits per heavy atom. The summed E-state index contributed by atoms with van der Waals surface area (Å²) in [5, 5.41) is 8.61. The molecule has 0 amide bonds. The Bertz CT molecular complexity index is 651. The van der Waals surface area contributed by atoms with Crippen molar-refractivity contribution in [1.82, 2.24) is 19.1 Å². The third kappa shape index (κ3) is 3.22. The van der Waals surface area contributed by atoms with E-state index in [0.29, 0.717) is 26.2 Å². The smallest absolute Gasteiger partial charge is 0.227 e. The molecule has 0 aliphatic carbocycles. The van der Waals surface area contributed by atoms with Crippen LogP contribution in [0.4, 0.5) is 5.95 Å². The summed E-state index contributed by atoms with van der Waals surface area (Å²) >= 11 is 0. The van der Waals surface area contributed by atoms with Gasteiger partial charge in [-0.3, -0.25) is 4.57 Å². The van der Waals surface area contributed by atoms with Gasteiger partial charge in [-0.15, -0.1) is 10.2 Å². The summed E-state index contributed by atoms with van der Waals surface area (Å²) in [7, 11) is -1.16. The van der Waals surface area contributed by atoms with E-state index < -0.39 is 10.0 Å². The standard InChI is InChI=1S/C14H25N5O3S/c1-4-23(20,21)19-9-7-18(8-10-19)14-16-15-13(17(14)3)12-6-5-11(2)22-12/h11-12H,4-10H2,1-3H3/t11-,12-/m0/s1. The molecule has 3 rings (SSSR count). The van der Waals surface area contributed by atoms with Gasteiger partial charge in [-0.1, -0.05) is 0 Å². The average molecular weight is 343 g/mol. The molecule has 0 spiro atoms. The monoisotopic (exact) mass is 343 g/mol. The van der Waals surface area contributed by atoms with E-state index in [2.05, 4.69) is 22.0 Å². The second-order valence-corrected chi connectivity index (χ2v) is 8.47. The van der Waals surface area contributed by atoms with E-state index in [4.69, 9.17) is 4.74 Å². The summed E-state index contributed by atoms with van der Waals surface area (Å²) in [5.41, 5.74) is 0. The van der Waals surface area contributed by atoms with Gasteiger partial charge in [0.25, 0.3) is 0 Å². The molecular weight excluding hydrogens is 318 g/mol. The molecular formula is C14H25N5O3S. The van der Waals surface area contributed by atoms with E-state index in [0.717, 1.165) is 24.6 Å². The number of piperazine rings is 1. The molecule has 1 aromatic rings. The quantitative estimate of drug-likeness (QED) is 0.793. The van der Waals surface area contributed by atoms with Gasteiger partial charge in [-0.2, -0.15) is 4.31 Å². The highest BCUT2D eigenvalue weighted by atomic mass is 32.2. The fourth-order valence-electron chi connectivity index (χ4n) is 3.23. The average Bonchev–Trinajstić information content (AvgIpc) is 3.13. The van der Waals surface area contributed by atoms with Crippen LogP contribution in [0.2, 0.25) is 0 Å². The highest BCUT2D eigenvalue weighted by molar-refractivity contribution is 7.89. The molecule has 23 heavy (non-hydrogen) atoms. The van der Waals surface area contributed by atoms with Crippen LogP contribution in [-0.4, -0.2) is 65.5 Å². The molecule has 2 aliphatic heterocycles. The Morgan fingerprint density at radius 1 is 1.17 bits per heavy atom. The fraction of sp³-hybridized carbons (Fsp3) is 0.857. The lowest BCUT2D eigenvalue weighted by Crippen LogP contribution is -2.49. The third-order valence-corrected chi connectivity index (χ3v) is 6.57. The molecule has 2 aliphatic rings. The van der Waals surface area contributed by atoms with Crippen LogP contribution < -0.4 is 4.90 Å². The number of hydrogen-bond donors (Lipinski definition) is 0. The van der Waals surface area contributed by atoms with E-state index >= 15 is 0 Å². The summed E-state index contributed by atoms with van der Waals surface area (Å²) in [6.07, 6.45) is 2.29. The molecule has 0 aromatic carbocycles. The van der Waals surface area contributed by atoms with Gasteiger partial charge in [0.1, 0.15) is 6.10 Å². The predicted molar refractivity (Wildman–Crippen MR) is 86.8 cm³/mol. The van der Waals surface area contributed by atoms with Crippen LogP contribution in [0.25, 0.3) is 0 Å². The van der Waals surface area contributed by atoms with Crippen molar-refractivity contribution in [2.75, 3.05) is 36.8 Å². The first-order chi connectivity index (χ1) is 10.9. The SMILES string of the molecule is CCS(=O)(=O)N1CCN(c2nnc([C@@H]3CC[C@H](C)O3)n2C)CC1. The molecule has 1 aromatic heterocycles. The highest BCUT2D eigenvalue weighted by Crippen LogP contribution is 2.32. The van der Waals surface area contributed by atoms with Gasteiger partial charge >= 0.3 is 0 Å². The number of sulfonamides is 1. The molecule has 2 saturated heterocycles. The van der Waals surface area contributed by atoms with Gasteiger partial charge in [-0.05, 0) is 26.7 Å². The van der Waals surface area contributed by atoms with Gasteiger partial charge in [-0.25, -0.2) is 8.42 Å². The maximum Gasteiger partial charge on any atom is 0.227 e. The molecule has 0 saturated carbocycles. The van der Waals surface area contributed by atoms with Crippen molar-refractivity contribution in [3.8, 4) is 0 Å². The van der Waals surface area contributed by atoms with Crippen molar-refractivity contribution in [2.24, 2.45) is 7.05 Å². The first kappa shape index (κ1) is 16.7. The van der Waals surface area contributed by atoms with Crippen LogP contribution in [0, 0.1) is 0 Å². The first-order valence-corrected chi connectivity index (χ1v) is 9.80. The first-order valence-electron chi connectivity index (χ1n) is 8.20. The summed E-state index contributed by atoms with van der Waals surface area (Å²) < 4.78 is 33.3. The molecule has 0 bridgehead atoms. The number of aromatic nitrogens is 3. The Labute approximate surface area is 137 Å². The number of hydrogen-bond acceptors (Lipinski definition) is 6. The zero-order valence-electron chi connectivity index (χ0n) is 14.0. The molecule has 2 fully saturated rings. The van der Waals surface area contributed by atoms with Crippen molar-refractivity contribution in [2.45, 2.75) is 38.9 Å². The van der Waals surface area contributed by atoms with E-state index in [1.54, 1.807) is 11.2 Å². The largest absolute Gasteiger partial charge is 0.367 e. The fourth-order valence-corrected chi connectivity index (χ4v) is 4.31. The van der Waals surface area contributed by atoms with E-state index in [9.17, 15) is 8.42 Å². The Balaban J connectivity index is 1.69. The van der Waals surface area contributed by atoms with Crippen LogP contribution in [-0.2, 0) is 21.8 Å². The molecule has 130 valence electrons. The normalized spacial score (nSPS) is 26.8. The van der Waals surface area contributed by atoms with Gasteiger partial charge in [0, 0.05) is 33.2 Å². The maximum absolute atomic E-state index is 11.9. The van der Waals surface area contributed by atoms with Crippen molar-refractivity contribution < 1.29 is 13.2 Å². The summed E-state index contributed by atoms with van der Waals surface area (Å²) in [6, 6.07) is 0. The van der Waals surface area contributed by atoms with Crippen molar-refractivity contribution in [3.63, 3.8) is 0 Å².